The van der Waals surface area contributed by atoms with E-state index in [1.807, 2.05) is 12.1 Å². The molecule has 1 amide bonds. The number of carbonyl (C=O) groups excluding carboxylic acids is 1. The number of carbonyl (C=O) groups is 2. The first-order chi connectivity index (χ1) is 9.61. The minimum Gasteiger partial charge on any atom is -0.493 e. The highest BCUT2D eigenvalue weighted by molar-refractivity contribution is 5.99. The summed E-state index contributed by atoms with van der Waals surface area (Å²) in [7, 11) is 1.55. The van der Waals surface area contributed by atoms with Crippen LogP contribution in [-0.4, -0.2) is 37.2 Å². The Morgan fingerprint density at radius 1 is 1.45 bits per heavy atom. The number of fused-ring (bicyclic) bond motifs is 1. The van der Waals surface area contributed by atoms with Gasteiger partial charge in [-0.1, -0.05) is 12.1 Å². The Kier molecular flexibility index (Phi) is 4.24. The van der Waals surface area contributed by atoms with Crippen LogP contribution in [0.5, 0.6) is 11.5 Å². The van der Waals surface area contributed by atoms with Gasteiger partial charge in [0.2, 0.25) is 0 Å². The summed E-state index contributed by atoms with van der Waals surface area (Å²) in [6.45, 7) is 0.225. The minimum atomic E-state index is -0.950. The molecule has 1 aromatic carbocycles. The number of amides is 1. The van der Waals surface area contributed by atoms with Gasteiger partial charge in [0.1, 0.15) is 6.61 Å². The molecule has 0 atom stereocenters. The molecule has 0 unspecified atom stereocenters. The van der Waals surface area contributed by atoms with E-state index in [1.54, 1.807) is 19.3 Å². The molecular weight excluding hydrogens is 262 g/mol. The molecule has 0 spiro atoms. The first-order valence-electron chi connectivity index (χ1n) is 6.12. The largest absolute Gasteiger partial charge is 0.493 e. The molecule has 0 bridgehead atoms. The molecular formula is C14H15NO5. The Labute approximate surface area is 116 Å². The number of aliphatic carboxylic acids is 1. The lowest BCUT2D eigenvalue weighted by Gasteiger charge is -2.19. The van der Waals surface area contributed by atoms with Gasteiger partial charge in [-0.05, 0) is 12.1 Å². The zero-order valence-corrected chi connectivity index (χ0v) is 11.0. The second-order valence-corrected chi connectivity index (χ2v) is 4.24. The van der Waals surface area contributed by atoms with E-state index in [9.17, 15) is 9.59 Å². The van der Waals surface area contributed by atoms with Gasteiger partial charge in [0.15, 0.2) is 11.5 Å². The average Bonchev–Trinajstić information content (AvgIpc) is 2.45. The summed E-state index contributed by atoms with van der Waals surface area (Å²) in [5.41, 5.74) is 1.22. The van der Waals surface area contributed by atoms with Crippen LogP contribution in [0, 0.1) is 0 Å². The summed E-state index contributed by atoms with van der Waals surface area (Å²) in [5.74, 6) is -0.0462. The van der Waals surface area contributed by atoms with Gasteiger partial charge in [0.05, 0.1) is 19.1 Å². The van der Waals surface area contributed by atoms with Crippen molar-refractivity contribution in [3.05, 3.63) is 29.3 Å². The van der Waals surface area contributed by atoms with Crippen molar-refractivity contribution < 1.29 is 24.2 Å². The molecule has 1 aliphatic heterocycles. The van der Waals surface area contributed by atoms with E-state index in [4.69, 9.17) is 14.6 Å². The Morgan fingerprint density at radius 3 is 2.95 bits per heavy atom. The van der Waals surface area contributed by atoms with Crippen molar-refractivity contribution in [3.8, 4) is 11.5 Å². The fraction of sp³-hybridized carbons (Fsp3) is 0.286. The van der Waals surface area contributed by atoms with Crippen LogP contribution in [0.15, 0.2) is 23.8 Å². The maximum atomic E-state index is 11.9. The standard InChI is InChI=1S/C14H15NO5/c1-19-11-4-2-3-9-7-10(8-20-13(9)11)14(18)15-6-5-12(16)17/h2-4,7H,5-6,8H2,1H3,(H,15,18)(H,16,17). The van der Waals surface area contributed by atoms with E-state index in [2.05, 4.69) is 5.32 Å². The van der Waals surface area contributed by atoms with Gasteiger partial charge in [-0.2, -0.15) is 0 Å². The normalized spacial score (nSPS) is 12.8. The molecule has 1 aromatic rings. The van der Waals surface area contributed by atoms with Crippen LogP contribution in [0.1, 0.15) is 12.0 Å². The quantitative estimate of drug-likeness (QED) is 0.840. The lowest BCUT2D eigenvalue weighted by atomic mass is 10.1. The van der Waals surface area contributed by atoms with Crippen LogP contribution in [0.25, 0.3) is 6.08 Å². The van der Waals surface area contributed by atoms with Gasteiger partial charge < -0.3 is 19.9 Å². The first kappa shape index (κ1) is 13.9. The number of benzene rings is 1. The monoisotopic (exact) mass is 277 g/mol. The molecule has 0 radical (unpaired) electrons. The van der Waals surface area contributed by atoms with Crippen molar-refractivity contribution in [3.63, 3.8) is 0 Å². The van der Waals surface area contributed by atoms with Crippen LogP contribution in [0.3, 0.4) is 0 Å². The molecule has 1 aliphatic rings. The van der Waals surface area contributed by atoms with Crippen molar-refractivity contribution in [1.29, 1.82) is 0 Å². The summed E-state index contributed by atoms with van der Waals surface area (Å²) in [5, 5.41) is 11.1. The van der Waals surface area contributed by atoms with E-state index in [0.717, 1.165) is 5.56 Å². The molecule has 2 rings (SSSR count). The molecule has 0 saturated heterocycles. The summed E-state index contributed by atoms with van der Waals surface area (Å²) in [6.07, 6.45) is 1.61. The molecule has 106 valence electrons. The number of para-hydroxylation sites is 1. The highest BCUT2D eigenvalue weighted by Crippen LogP contribution is 2.35. The third kappa shape index (κ3) is 3.09. The fourth-order valence-corrected chi connectivity index (χ4v) is 1.87. The number of carboxylic acid groups (broad SMARTS) is 1. The van der Waals surface area contributed by atoms with Crippen LogP contribution in [0.4, 0.5) is 0 Å². The third-order valence-electron chi connectivity index (χ3n) is 2.85. The van der Waals surface area contributed by atoms with Gasteiger partial charge in [-0.15, -0.1) is 0 Å². The molecule has 0 fully saturated rings. The maximum Gasteiger partial charge on any atom is 0.305 e. The summed E-state index contributed by atoms with van der Waals surface area (Å²) in [6, 6.07) is 5.41. The number of rotatable bonds is 5. The average molecular weight is 277 g/mol. The molecule has 20 heavy (non-hydrogen) atoms. The summed E-state index contributed by atoms with van der Waals surface area (Å²) in [4.78, 5) is 22.2. The number of carboxylic acids is 1. The van der Waals surface area contributed by atoms with Gasteiger partial charge in [0.25, 0.3) is 5.91 Å². The van der Waals surface area contributed by atoms with Crippen LogP contribution >= 0.6 is 0 Å². The molecule has 2 N–H and O–H groups in total. The summed E-state index contributed by atoms with van der Waals surface area (Å²) < 4.78 is 10.7. The Balaban J connectivity index is 2.09. The zero-order chi connectivity index (χ0) is 14.5. The van der Waals surface area contributed by atoms with Crippen molar-refractivity contribution in [2.75, 3.05) is 20.3 Å². The number of nitrogens with one attached hydrogen (secondary N) is 1. The van der Waals surface area contributed by atoms with Crippen molar-refractivity contribution >= 4 is 18.0 Å². The number of hydrogen-bond donors (Lipinski definition) is 2. The smallest absolute Gasteiger partial charge is 0.305 e. The van der Waals surface area contributed by atoms with E-state index in [-0.39, 0.29) is 25.5 Å². The topological polar surface area (TPSA) is 84.9 Å². The van der Waals surface area contributed by atoms with Gasteiger partial charge in [-0.25, -0.2) is 0 Å². The highest BCUT2D eigenvalue weighted by Gasteiger charge is 2.19. The SMILES string of the molecule is COc1cccc2c1OCC(C(=O)NCCC(=O)O)=C2. The van der Waals surface area contributed by atoms with Gasteiger partial charge >= 0.3 is 5.97 Å². The maximum absolute atomic E-state index is 11.9. The Morgan fingerprint density at radius 2 is 2.25 bits per heavy atom. The number of ether oxygens (including phenoxy) is 2. The Hall–Kier alpha value is -2.50. The number of hydrogen-bond acceptors (Lipinski definition) is 4. The first-order valence-corrected chi connectivity index (χ1v) is 6.12. The molecule has 6 nitrogen and oxygen atoms in total. The second kappa shape index (κ2) is 6.10. The van der Waals surface area contributed by atoms with Crippen LogP contribution < -0.4 is 14.8 Å². The van der Waals surface area contributed by atoms with Crippen molar-refractivity contribution in [2.45, 2.75) is 6.42 Å². The van der Waals surface area contributed by atoms with E-state index >= 15 is 0 Å². The van der Waals surface area contributed by atoms with E-state index in [1.165, 1.54) is 0 Å². The van der Waals surface area contributed by atoms with Crippen LogP contribution in [0.2, 0.25) is 0 Å². The molecule has 1 heterocycles. The summed E-state index contributed by atoms with van der Waals surface area (Å²) >= 11 is 0. The number of methoxy groups -OCH3 is 1. The van der Waals surface area contributed by atoms with E-state index < -0.39 is 5.97 Å². The van der Waals surface area contributed by atoms with Crippen molar-refractivity contribution in [2.24, 2.45) is 0 Å². The lowest BCUT2D eigenvalue weighted by Crippen LogP contribution is -2.30. The van der Waals surface area contributed by atoms with Gasteiger partial charge in [0, 0.05) is 12.1 Å². The fourth-order valence-electron chi connectivity index (χ4n) is 1.87. The minimum absolute atomic E-state index is 0.0937. The van der Waals surface area contributed by atoms with E-state index in [0.29, 0.717) is 17.1 Å². The predicted octanol–water partition coefficient (Wildman–Crippen LogP) is 1.06. The molecule has 6 heteroatoms. The molecule has 0 aromatic heterocycles. The second-order valence-electron chi connectivity index (χ2n) is 4.24. The Bertz CT molecular complexity index is 565. The highest BCUT2D eigenvalue weighted by atomic mass is 16.5. The third-order valence-corrected chi connectivity index (χ3v) is 2.85. The van der Waals surface area contributed by atoms with Crippen LogP contribution in [-0.2, 0) is 9.59 Å². The molecule has 0 aliphatic carbocycles. The molecule has 0 saturated carbocycles. The van der Waals surface area contributed by atoms with Crippen molar-refractivity contribution in [1.82, 2.24) is 5.32 Å². The zero-order valence-electron chi connectivity index (χ0n) is 11.0. The van der Waals surface area contributed by atoms with Gasteiger partial charge in [-0.3, -0.25) is 9.59 Å². The predicted molar refractivity (Wildman–Crippen MR) is 71.7 cm³/mol. The lowest BCUT2D eigenvalue weighted by molar-refractivity contribution is -0.136.